The van der Waals surface area contributed by atoms with Crippen LogP contribution in [0.5, 0.6) is 0 Å². The fraction of sp³-hybridized carbons (Fsp3) is 0.895. The summed E-state index contributed by atoms with van der Waals surface area (Å²) in [5.41, 5.74) is 0. The number of aliphatic hydroxyl groups excluding tert-OH is 1. The maximum atomic E-state index is 9.95. The summed E-state index contributed by atoms with van der Waals surface area (Å²) in [7, 11) is -1.74. The summed E-state index contributed by atoms with van der Waals surface area (Å²) >= 11 is 0. The topological polar surface area (TPSA) is 29.5 Å². The highest BCUT2D eigenvalue weighted by Gasteiger charge is 2.38. The molecule has 0 unspecified atom stereocenters. The van der Waals surface area contributed by atoms with Gasteiger partial charge >= 0.3 is 0 Å². The first-order valence-electron chi connectivity index (χ1n) is 8.96. The molecule has 1 N–H and O–H groups in total. The van der Waals surface area contributed by atoms with Crippen molar-refractivity contribution in [1.82, 2.24) is 0 Å². The summed E-state index contributed by atoms with van der Waals surface area (Å²) < 4.78 is 6.61. The van der Waals surface area contributed by atoms with Crippen molar-refractivity contribution in [3.8, 4) is 0 Å². The Balaban J connectivity index is 4.60. The molecule has 0 saturated carbocycles. The zero-order valence-corrected chi connectivity index (χ0v) is 17.1. The van der Waals surface area contributed by atoms with E-state index in [2.05, 4.69) is 54.3 Å². The van der Waals surface area contributed by atoms with Crippen LogP contribution in [-0.2, 0) is 4.43 Å². The van der Waals surface area contributed by atoms with Gasteiger partial charge in [0.1, 0.15) is 0 Å². The summed E-state index contributed by atoms with van der Waals surface area (Å²) in [4.78, 5) is 0. The number of hydrogen-bond acceptors (Lipinski definition) is 2. The first-order chi connectivity index (χ1) is 9.99. The largest absolute Gasteiger partial charge is 0.414 e. The summed E-state index contributed by atoms with van der Waals surface area (Å²) in [6, 6.07) is 0. The fourth-order valence-corrected chi connectivity index (χ4v) is 3.72. The number of aliphatic hydroxyl groups is 1. The highest BCUT2D eigenvalue weighted by atomic mass is 28.4. The Morgan fingerprint density at radius 1 is 1.09 bits per heavy atom. The van der Waals surface area contributed by atoms with E-state index < -0.39 is 8.32 Å². The molecule has 0 heterocycles. The zero-order valence-electron chi connectivity index (χ0n) is 16.1. The van der Waals surface area contributed by atoms with Gasteiger partial charge in [0, 0.05) is 6.10 Å². The third-order valence-corrected chi connectivity index (χ3v) is 9.37. The first-order valence-corrected chi connectivity index (χ1v) is 11.9. The van der Waals surface area contributed by atoms with E-state index >= 15 is 0 Å². The molecule has 132 valence electrons. The van der Waals surface area contributed by atoms with Gasteiger partial charge in [-0.1, -0.05) is 53.5 Å². The van der Waals surface area contributed by atoms with Crippen molar-refractivity contribution < 1.29 is 9.53 Å². The van der Waals surface area contributed by atoms with Gasteiger partial charge in [0.15, 0.2) is 8.32 Å². The van der Waals surface area contributed by atoms with Crippen LogP contribution in [-0.4, -0.2) is 25.6 Å². The molecule has 0 aliphatic rings. The Morgan fingerprint density at radius 2 is 1.68 bits per heavy atom. The van der Waals surface area contributed by atoms with E-state index in [9.17, 15) is 5.11 Å². The molecule has 0 aromatic carbocycles. The van der Waals surface area contributed by atoms with Gasteiger partial charge in [-0.25, -0.2) is 0 Å². The molecular weight excluding hydrogens is 288 g/mol. The molecule has 0 aromatic rings. The van der Waals surface area contributed by atoms with E-state index in [4.69, 9.17) is 4.43 Å². The zero-order chi connectivity index (χ0) is 17.4. The minimum absolute atomic E-state index is 0.239. The van der Waals surface area contributed by atoms with Crippen molar-refractivity contribution in [1.29, 1.82) is 0 Å². The Morgan fingerprint density at radius 3 is 2.14 bits per heavy atom. The van der Waals surface area contributed by atoms with E-state index in [1.54, 1.807) is 6.08 Å². The monoisotopic (exact) mass is 328 g/mol. The second-order valence-electron chi connectivity index (χ2n) is 8.58. The maximum absolute atomic E-state index is 9.95. The predicted molar refractivity (Wildman–Crippen MR) is 101 cm³/mol. The molecule has 0 aromatic heterocycles. The van der Waals surface area contributed by atoms with Crippen LogP contribution < -0.4 is 0 Å². The van der Waals surface area contributed by atoms with Gasteiger partial charge in [-0.2, -0.15) is 0 Å². The molecule has 2 atom stereocenters. The molecule has 0 aliphatic heterocycles. The van der Waals surface area contributed by atoms with Gasteiger partial charge in [-0.15, -0.1) is 6.58 Å². The molecule has 0 rings (SSSR count). The van der Waals surface area contributed by atoms with Crippen LogP contribution in [0, 0.1) is 5.92 Å². The molecule has 0 radical (unpaired) electrons. The number of hydrogen-bond donors (Lipinski definition) is 1. The van der Waals surface area contributed by atoms with E-state index in [0.29, 0.717) is 12.5 Å². The Hall–Kier alpha value is -0.123. The lowest BCUT2D eigenvalue weighted by molar-refractivity contribution is 0.113. The summed E-state index contributed by atoms with van der Waals surface area (Å²) in [5, 5.41) is 10.2. The standard InChI is InChI=1S/C19H40O2Si/c1-9-11-17(20)14-15-18(13-10-12-16(2)3)21-22(7,8)19(4,5)6/h9,16-18,20H,1,10-15H2,2-8H3/t17-,18-/m1/s1. The normalized spacial score (nSPS) is 15.9. The smallest absolute Gasteiger partial charge is 0.192 e. The molecular formula is C19H40O2Si. The molecule has 0 spiro atoms. The van der Waals surface area contributed by atoms with Gasteiger partial charge in [0.05, 0.1) is 6.10 Å². The van der Waals surface area contributed by atoms with Gasteiger partial charge in [-0.05, 0) is 49.7 Å². The van der Waals surface area contributed by atoms with Crippen LogP contribution in [0.25, 0.3) is 0 Å². The summed E-state index contributed by atoms with van der Waals surface area (Å²) in [6.45, 7) is 19.8. The molecule has 3 heteroatoms. The highest BCUT2D eigenvalue weighted by Crippen LogP contribution is 2.38. The van der Waals surface area contributed by atoms with Gasteiger partial charge in [-0.3, -0.25) is 0 Å². The third kappa shape index (κ3) is 9.11. The first kappa shape index (κ1) is 21.9. The van der Waals surface area contributed by atoms with Crippen molar-refractivity contribution >= 4 is 8.32 Å². The highest BCUT2D eigenvalue weighted by molar-refractivity contribution is 6.74. The molecule has 0 bridgehead atoms. The second kappa shape index (κ2) is 9.89. The molecule has 0 fully saturated rings. The maximum Gasteiger partial charge on any atom is 0.192 e. The van der Waals surface area contributed by atoms with E-state index in [-0.39, 0.29) is 11.1 Å². The Bertz CT molecular complexity index is 305. The number of rotatable bonds is 11. The van der Waals surface area contributed by atoms with E-state index in [1.165, 1.54) is 12.8 Å². The average molecular weight is 329 g/mol. The molecule has 22 heavy (non-hydrogen) atoms. The van der Waals surface area contributed by atoms with Gasteiger partial charge < -0.3 is 9.53 Å². The quantitative estimate of drug-likeness (QED) is 0.377. The van der Waals surface area contributed by atoms with Crippen molar-refractivity contribution in [2.45, 2.75) is 103 Å². The van der Waals surface area contributed by atoms with E-state index in [0.717, 1.165) is 25.2 Å². The SMILES string of the molecule is C=CC[C@@H](O)CC[C@@H](CCCC(C)C)O[Si](C)(C)C(C)(C)C. The van der Waals surface area contributed by atoms with Crippen LogP contribution in [0.3, 0.4) is 0 Å². The summed E-state index contributed by atoms with van der Waals surface area (Å²) in [6.07, 6.45) is 7.86. The molecule has 0 amide bonds. The molecule has 0 saturated heterocycles. The van der Waals surface area contributed by atoms with Crippen molar-refractivity contribution in [2.75, 3.05) is 0 Å². The lowest BCUT2D eigenvalue weighted by Gasteiger charge is -2.39. The van der Waals surface area contributed by atoms with Crippen LogP contribution >= 0.6 is 0 Å². The van der Waals surface area contributed by atoms with Crippen LogP contribution in [0.1, 0.15) is 73.1 Å². The average Bonchev–Trinajstić information content (AvgIpc) is 2.34. The Kier molecular flexibility index (Phi) is 9.84. The van der Waals surface area contributed by atoms with E-state index in [1.807, 2.05) is 0 Å². The molecule has 0 aliphatic carbocycles. The van der Waals surface area contributed by atoms with Crippen LogP contribution in [0.2, 0.25) is 18.1 Å². The molecule has 2 nitrogen and oxygen atoms in total. The minimum Gasteiger partial charge on any atom is -0.414 e. The summed E-state index contributed by atoms with van der Waals surface area (Å²) in [5.74, 6) is 0.750. The van der Waals surface area contributed by atoms with Gasteiger partial charge in [0.25, 0.3) is 0 Å². The fourth-order valence-electron chi connectivity index (χ4n) is 2.30. The van der Waals surface area contributed by atoms with Crippen molar-refractivity contribution in [3.63, 3.8) is 0 Å². The Labute approximate surface area is 140 Å². The van der Waals surface area contributed by atoms with Crippen LogP contribution in [0.4, 0.5) is 0 Å². The lowest BCUT2D eigenvalue weighted by Crippen LogP contribution is -2.44. The second-order valence-corrected chi connectivity index (χ2v) is 13.3. The van der Waals surface area contributed by atoms with Crippen LogP contribution in [0.15, 0.2) is 12.7 Å². The van der Waals surface area contributed by atoms with Crippen molar-refractivity contribution in [3.05, 3.63) is 12.7 Å². The third-order valence-electron chi connectivity index (χ3n) is 4.84. The predicted octanol–water partition coefficient (Wildman–Crippen LogP) is 5.92. The van der Waals surface area contributed by atoms with Crippen molar-refractivity contribution in [2.24, 2.45) is 5.92 Å². The minimum atomic E-state index is -1.74. The lowest BCUT2D eigenvalue weighted by atomic mass is 10.0. The van der Waals surface area contributed by atoms with Gasteiger partial charge in [0.2, 0.25) is 0 Å².